The number of rotatable bonds is 4. The number of ether oxygens (including phenoxy) is 1. The number of methoxy groups -OCH3 is 1. The molecule has 1 aliphatic heterocycles. The summed E-state index contributed by atoms with van der Waals surface area (Å²) in [6.07, 6.45) is 1.59. The zero-order valence-electron chi connectivity index (χ0n) is 16.6. The Morgan fingerprint density at radius 1 is 1.23 bits per heavy atom. The molecule has 1 aliphatic rings. The number of allylic oxidation sites excluding steroid dienone is 1. The zero-order chi connectivity index (χ0) is 22.1. The molecule has 0 bridgehead atoms. The molecule has 0 amide bonds. The number of hydrogen-bond donors (Lipinski definition) is 0. The Morgan fingerprint density at radius 3 is 2.65 bits per heavy atom. The number of benzene rings is 2. The number of nitro groups is 1. The maximum Gasteiger partial charge on any atom is 0.338 e. The molecule has 0 unspecified atom stereocenters. The minimum absolute atomic E-state index is 0.0625. The van der Waals surface area contributed by atoms with Crippen molar-refractivity contribution >= 4 is 29.1 Å². The van der Waals surface area contributed by atoms with E-state index >= 15 is 0 Å². The zero-order valence-corrected chi connectivity index (χ0v) is 17.5. The average Bonchev–Trinajstić information content (AvgIpc) is 3.07. The van der Waals surface area contributed by atoms with Gasteiger partial charge in [0, 0.05) is 12.1 Å². The Morgan fingerprint density at radius 2 is 1.97 bits per heavy atom. The van der Waals surface area contributed by atoms with Crippen molar-refractivity contribution in [2.75, 3.05) is 7.11 Å². The molecular weight excluding hydrogens is 418 g/mol. The number of esters is 1. The number of non-ortho nitro benzene ring substituents is 1. The quantitative estimate of drug-likeness (QED) is 0.355. The van der Waals surface area contributed by atoms with Crippen LogP contribution in [0, 0.1) is 10.1 Å². The van der Waals surface area contributed by atoms with Crippen molar-refractivity contribution in [3.05, 3.63) is 107 Å². The first-order valence-electron chi connectivity index (χ1n) is 9.31. The lowest BCUT2D eigenvalue weighted by molar-refractivity contribution is -0.384. The first-order valence-corrected chi connectivity index (χ1v) is 10.1. The topological polar surface area (TPSA) is 104 Å². The molecule has 0 spiro atoms. The second kappa shape index (κ2) is 8.11. The van der Waals surface area contributed by atoms with Crippen molar-refractivity contribution in [2.24, 2.45) is 4.99 Å². The highest BCUT2D eigenvalue weighted by Gasteiger charge is 2.32. The van der Waals surface area contributed by atoms with Gasteiger partial charge < -0.3 is 4.74 Å². The summed E-state index contributed by atoms with van der Waals surface area (Å²) in [7, 11) is 1.29. The van der Waals surface area contributed by atoms with Crippen molar-refractivity contribution in [3.63, 3.8) is 0 Å². The summed E-state index contributed by atoms with van der Waals surface area (Å²) in [5.74, 6) is -0.553. The number of thiazole rings is 1. The molecule has 2 aromatic carbocycles. The average molecular weight is 435 g/mol. The van der Waals surface area contributed by atoms with Gasteiger partial charge in [-0.2, -0.15) is 0 Å². The van der Waals surface area contributed by atoms with Crippen LogP contribution in [0.25, 0.3) is 6.08 Å². The number of fused-ring (bicyclic) bond motifs is 1. The van der Waals surface area contributed by atoms with E-state index in [0.717, 1.165) is 5.56 Å². The number of nitrogens with zero attached hydrogens (tertiary/aromatic N) is 3. The van der Waals surface area contributed by atoms with E-state index in [1.165, 1.54) is 35.1 Å². The Labute approximate surface area is 180 Å². The fraction of sp³-hybridized carbons (Fsp3) is 0.136. The molecule has 4 rings (SSSR count). The third-order valence-corrected chi connectivity index (χ3v) is 5.90. The van der Waals surface area contributed by atoms with E-state index in [4.69, 9.17) is 4.74 Å². The molecule has 31 heavy (non-hydrogen) atoms. The lowest BCUT2D eigenvalue weighted by Gasteiger charge is -2.24. The second-order valence-electron chi connectivity index (χ2n) is 6.84. The highest BCUT2D eigenvalue weighted by molar-refractivity contribution is 7.07. The number of carbonyl (C=O) groups is 1. The summed E-state index contributed by atoms with van der Waals surface area (Å²) in [4.78, 5) is 41.4. The first kappa shape index (κ1) is 20.4. The number of carbonyl (C=O) groups excluding carboxylic acids is 1. The second-order valence-corrected chi connectivity index (χ2v) is 7.85. The van der Waals surface area contributed by atoms with Crippen molar-refractivity contribution in [1.82, 2.24) is 4.57 Å². The predicted molar refractivity (Wildman–Crippen MR) is 115 cm³/mol. The van der Waals surface area contributed by atoms with E-state index in [9.17, 15) is 19.7 Å². The van der Waals surface area contributed by atoms with Gasteiger partial charge >= 0.3 is 5.97 Å². The van der Waals surface area contributed by atoms with Gasteiger partial charge in [0.2, 0.25) is 0 Å². The summed E-state index contributed by atoms with van der Waals surface area (Å²) in [6.45, 7) is 1.71. The molecule has 2 heterocycles. The van der Waals surface area contributed by atoms with E-state index in [1.807, 2.05) is 30.3 Å². The molecule has 0 saturated carbocycles. The van der Waals surface area contributed by atoms with Crippen molar-refractivity contribution in [2.45, 2.75) is 13.0 Å². The maximum atomic E-state index is 13.4. The first-order chi connectivity index (χ1) is 14.9. The minimum atomic E-state index is -0.683. The summed E-state index contributed by atoms with van der Waals surface area (Å²) >= 11 is 1.17. The molecule has 3 aromatic rings. The number of hydrogen-bond acceptors (Lipinski definition) is 7. The Hall–Kier alpha value is -3.85. The summed E-state index contributed by atoms with van der Waals surface area (Å²) in [6, 6.07) is 14.5. The standard InChI is InChI=1S/C22H17N3O5S/c1-13-18(21(27)30-2)19(15-8-4-3-5-9-15)24-20(26)17(31-22(24)23-13)12-14-7-6-10-16(11-14)25(28)29/h3-12,19H,1-2H3/b17-12+/t19-/m1/s1. The van der Waals surface area contributed by atoms with Gasteiger partial charge in [-0.15, -0.1) is 0 Å². The normalized spacial score (nSPS) is 15.9. The Kier molecular flexibility index (Phi) is 5.35. The van der Waals surface area contributed by atoms with Gasteiger partial charge in [-0.1, -0.05) is 53.8 Å². The third kappa shape index (κ3) is 3.71. The van der Waals surface area contributed by atoms with Crippen molar-refractivity contribution in [3.8, 4) is 0 Å². The van der Waals surface area contributed by atoms with Crippen LogP contribution in [0.3, 0.4) is 0 Å². The fourth-order valence-corrected chi connectivity index (χ4v) is 4.57. The maximum absolute atomic E-state index is 13.4. The molecule has 0 N–H and O–H groups in total. The van der Waals surface area contributed by atoms with E-state index in [2.05, 4.69) is 4.99 Å². The summed E-state index contributed by atoms with van der Waals surface area (Å²) in [5.41, 5.74) is 1.65. The summed E-state index contributed by atoms with van der Waals surface area (Å²) < 4.78 is 6.80. The Balaban J connectivity index is 1.95. The van der Waals surface area contributed by atoms with Crippen LogP contribution in [0.1, 0.15) is 24.1 Å². The third-order valence-electron chi connectivity index (χ3n) is 4.92. The minimum Gasteiger partial charge on any atom is -0.466 e. The molecule has 1 aromatic heterocycles. The van der Waals surface area contributed by atoms with Crippen LogP contribution in [0.2, 0.25) is 0 Å². The smallest absolute Gasteiger partial charge is 0.338 e. The van der Waals surface area contributed by atoms with Gasteiger partial charge in [-0.05, 0) is 24.1 Å². The van der Waals surface area contributed by atoms with E-state index < -0.39 is 16.9 Å². The predicted octanol–water partition coefficient (Wildman–Crippen LogP) is 2.32. The molecule has 156 valence electrons. The van der Waals surface area contributed by atoms with Crippen LogP contribution in [0.5, 0.6) is 0 Å². The van der Waals surface area contributed by atoms with Crippen LogP contribution >= 0.6 is 11.3 Å². The summed E-state index contributed by atoms with van der Waals surface area (Å²) in [5, 5.41) is 11.1. The van der Waals surface area contributed by atoms with Gasteiger partial charge in [-0.3, -0.25) is 19.5 Å². The molecule has 0 aliphatic carbocycles. The Bertz CT molecular complexity index is 1400. The van der Waals surface area contributed by atoms with Crippen LogP contribution < -0.4 is 14.9 Å². The van der Waals surface area contributed by atoms with Crippen molar-refractivity contribution in [1.29, 1.82) is 0 Å². The van der Waals surface area contributed by atoms with Crippen LogP contribution in [-0.4, -0.2) is 22.6 Å². The number of nitro benzene ring substituents is 1. The van der Waals surface area contributed by atoms with E-state index in [0.29, 0.717) is 26.2 Å². The van der Waals surface area contributed by atoms with Gasteiger partial charge in [0.1, 0.15) is 0 Å². The van der Waals surface area contributed by atoms with Crippen LogP contribution in [-0.2, 0) is 9.53 Å². The SMILES string of the molecule is COC(=O)C1=C(C)N=c2s/c(=C/c3cccc([N+](=O)[O-])c3)c(=O)n2[C@@H]1c1ccccc1. The monoisotopic (exact) mass is 435 g/mol. The molecular formula is C22H17N3O5S. The molecule has 1 atom stereocenters. The van der Waals surface area contributed by atoms with Gasteiger partial charge in [0.05, 0.1) is 33.9 Å². The van der Waals surface area contributed by atoms with Crippen LogP contribution in [0.15, 0.2) is 75.7 Å². The highest BCUT2D eigenvalue weighted by Crippen LogP contribution is 2.30. The fourth-order valence-electron chi connectivity index (χ4n) is 3.52. The molecule has 9 heteroatoms. The van der Waals surface area contributed by atoms with E-state index in [-0.39, 0.29) is 11.2 Å². The molecule has 8 nitrogen and oxygen atoms in total. The van der Waals surface area contributed by atoms with Gasteiger partial charge in [-0.25, -0.2) is 9.79 Å². The van der Waals surface area contributed by atoms with Crippen LogP contribution in [0.4, 0.5) is 5.69 Å². The van der Waals surface area contributed by atoms with Gasteiger partial charge in [0.15, 0.2) is 4.80 Å². The molecule has 0 fully saturated rings. The molecule has 0 radical (unpaired) electrons. The lowest BCUT2D eigenvalue weighted by Crippen LogP contribution is -2.39. The van der Waals surface area contributed by atoms with Crippen molar-refractivity contribution < 1.29 is 14.5 Å². The van der Waals surface area contributed by atoms with E-state index in [1.54, 1.807) is 25.1 Å². The number of aromatic nitrogens is 1. The lowest BCUT2D eigenvalue weighted by atomic mass is 9.96. The highest BCUT2D eigenvalue weighted by atomic mass is 32.1. The largest absolute Gasteiger partial charge is 0.466 e. The molecule has 0 saturated heterocycles. The van der Waals surface area contributed by atoms with Gasteiger partial charge in [0.25, 0.3) is 11.2 Å².